The number of nitrogens with zero attached hydrogens (tertiary/aromatic N) is 1. The van der Waals surface area contributed by atoms with E-state index in [9.17, 15) is 4.39 Å². The molecule has 0 saturated carbocycles. The van der Waals surface area contributed by atoms with E-state index >= 15 is 0 Å². The molecule has 3 nitrogen and oxygen atoms in total. The number of likely N-dealkylation sites (tertiary alicyclic amines) is 1. The van der Waals surface area contributed by atoms with Gasteiger partial charge in [-0.15, -0.1) is 0 Å². The minimum Gasteiger partial charge on any atom is -0.389 e. The summed E-state index contributed by atoms with van der Waals surface area (Å²) in [5.74, 6) is 0. The van der Waals surface area contributed by atoms with Gasteiger partial charge in [0.25, 0.3) is 0 Å². The summed E-state index contributed by atoms with van der Waals surface area (Å²) in [5, 5.41) is 12.2. The summed E-state index contributed by atoms with van der Waals surface area (Å²) in [6.45, 7) is 2.92. The van der Waals surface area contributed by atoms with Crippen molar-refractivity contribution in [1.82, 2.24) is 10.2 Å². The fourth-order valence-electron chi connectivity index (χ4n) is 1.71. The molecule has 0 aliphatic carbocycles. The Labute approximate surface area is 78.9 Å². The van der Waals surface area contributed by atoms with Crippen LogP contribution in [0.15, 0.2) is 0 Å². The van der Waals surface area contributed by atoms with Crippen LogP contribution in [-0.4, -0.2) is 55.0 Å². The van der Waals surface area contributed by atoms with Crippen LogP contribution in [0, 0.1) is 0 Å². The highest BCUT2D eigenvalue weighted by Gasteiger charge is 2.27. The van der Waals surface area contributed by atoms with Crippen LogP contribution in [0.4, 0.5) is 4.39 Å². The Morgan fingerprint density at radius 1 is 1.69 bits per heavy atom. The number of hydrogen-bond acceptors (Lipinski definition) is 3. The standard InChI is InChI=1S/C9H19FN2O/c1-7-9(3-4-12(7)2)11-6-8(13)5-10/h7-9,11,13H,3-6H2,1-2H3. The summed E-state index contributed by atoms with van der Waals surface area (Å²) >= 11 is 0. The first-order valence-corrected chi connectivity index (χ1v) is 4.82. The first kappa shape index (κ1) is 10.9. The summed E-state index contributed by atoms with van der Waals surface area (Å²) < 4.78 is 11.9. The Balaban J connectivity index is 2.22. The van der Waals surface area contributed by atoms with Crippen molar-refractivity contribution >= 4 is 0 Å². The van der Waals surface area contributed by atoms with Gasteiger partial charge in [-0.25, -0.2) is 4.39 Å². The molecule has 0 aromatic rings. The highest BCUT2D eigenvalue weighted by molar-refractivity contribution is 4.87. The zero-order chi connectivity index (χ0) is 9.84. The number of rotatable bonds is 4. The van der Waals surface area contributed by atoms with Crippen molar-refractivity contribution in [2.24, 2.45) is 0 Å². The van der Waals surface area contributed by atoms with E-state index in [2.05, 4.69) is 24.2 Å². The van der Waals surface area contributed by atoms with Crippen LogP contribution in [-0.2, 0) is 0 Å². The predicted octanol–water partition coefficient (Wildman–Crippen LogP) is -0.00100. The molecule has 0 aromatic carbocycles. The number of nitrogens with one attached hydrogen (secondary N) is 1. The third-order valence-corrected chi connectivity index (χ3v) is 2.86. The minimum absolute atomic E-state index is 0.360. The molecule has 78 valence electrons. The molecule has 0 amide bonds. The molecule has 0 bridgehead atoms. The van der Waals surface area contributed by atoms with Gasteiger partial charge in [0.15, 0.2) is 0 Å². The van der Waals surface area contributed by atoms with Gasteiger partial charge < -0.3 is 15.3 Å². The van der Waals surface area contributed by atoms with Crippen molar-refractivity contribution in [3.63, 3.8) is 0 Å². The first-order chi connectivity index (χ1) is 6.15. The molecule has 1 heterocycles. The normalized spacial score (nSPS) is 32.3. The smallest absolute Gasteiger partial charge is 0.117 e. The van der Waals surface area contributed by atoms with Crippen LogP contribution in [0.1, 0.15) is 13.3 Å². The van der Waals surface area contributed by atoms with Crippen molar-refractivity contribution in [3.8, 4) is 0 Å². The maximum atomic E-state index is 11.9. The van der Waals surface area contributed by atoms with Crippen LogP contribution in [0.3, 0.4) is 0 Å². The molecule has 13 heavy (non-hydrogen) atoms. The quantitative estimate of drug-likeness (QED) is 0.655. The Hall–Kier alpha value is -0.190. The highest BCUT2D eigenvalue weighted by Crippen LogP contribution is 2.14. The molecule has 1 rings (SSSR count). The second-order valence-corrected chi connectivity index (χ2v) is 3.83. The lowest BCUT2D eigenvalue weighted by molar-refractivity contribution is 0.132. The monoisotopic (exact) mass is 190 g/mol. The topological polar surface area (TPSA) is 35.5 Å². The van der Waals surface area contributed by atoms with Gasteiger partial charge in [0.2, 0.25) is 0 Å². The molecule has 1 aliphatic heterocycles. The number of hydrogen-bond donors (Lipinski definition) is 2. The summed E-state index contributed by atoms with van der Waals surface area (Å²) in [5.41, 5.74) is 0. The van der Waals surface area contributed by atoms with E-state index in [0.29, 0.717) is 18.6 Å². The second-order valence-electron chi connectivity index (χ2n) is 3.83. The zero-order valence-electron chi connectivity index (χ0n) is 8.33. The molecule has 1 saturated heterocycles. The maximum absolute atomic E-state index is 11.9. The lowest BCUT2D eigenvalue weighted by Crippen LogP contribution is -2.42. The van der Waals surface area contributed by atoms with E-state index in [1.54, 1.807) is 0 Å². The number of halogens is 1. The van der Waals surface area contributed by atoms with Gasteiger partial charge in [-0.05, 0) is 26.9 Å². The molecule has 4 heteroatoms. The summed E-state index contributed by atoms with van der Waals surface area (Å²) in [6, 6.07) is 0.873. The molecule has 3 atom stereocenters. The fourth-order valence-corrected chi connectivity index (χ4v) is 1.71. The Morgan fingerprint density at radius 2 is 2.38 bits per heavy atom. The zero-order valence-corrected chi connectivity index (χ0v) is 8.33. The van der Waals surface area contributed by atoms with Gasteiger partial charge in [0.05, 0.1) is 6.10 Å². The van der Waals surface area contributed by atoms with E-state index in [0.717, 1.165) is 13.0 Å². The Morgan fingerprint density at radius 3 is 2.85 bits per heavy atom. The molecule has 1 aliphatic rings. The second kappa shape index (κ2) is 4.88. The molecular formula is C9H19FN2O. The van der Waals surface area contributed by atoms with Gasteiger partial charge in [0, 0.05) is 18.6 Å². The van der Waals surface area contributed by atoms with Crippen LogP contribution in [0.5, 0.6) is 0 Å². The molecule has 0 radical (unpaired) electrons. The molecule has 1 fully saturated rings. The van der Waals surface area contributed by atoms with Crippen LogP contribution in [0.25, 0.3) is 0 Å². The summed E-state index contributed by atoms with van der Waals surface area (Å²) in [6.07, 6.45) is 0.231. The molecule has 3 unspecified atom stereocenters. The number of aliphatic hydroxyl groups excluding tert-OH is 1. The van der Waals surface area contributed by atoms with Gasteiger partial charge in [-0.1, -0.05) is 0 Å². The van der Waals surface area contributed by atoms with E-state index in [4.69, 9.17) is 5.11 Å². The van der Waals surface area contributed by atoms with Crippen molar-refractivity contribution < 1.29 is 9.50 Å². The molecule has 0 spiro atoms. The van der Waals surface area contributed by atoms with Crippen molar-refractivity contribution in [1.29, 1.82) is 0 Å². The van der Waals surface area contributed by atoms with Crippen molar-refractivity contribution in [3.05, 3.63) is 0 Å². The van der Waals surface area contributed by atoms with Crippen LogP contribution >= 0.6 is 0 Å². The molecule has 2 N–H and O–H groups in total. The van der Waals surface area contributed by atoms with Gasteiger partial charge in [-0.2, -0.15) is 0 Å². The van der Waals surface area contributed by atoms with Crippen molar-refractivity contribution in [2.75, 3.05) is 26.8 Å². The minimum atomic E-state index is -0.849. The highest BCUT2D eigenvalue weighted by atomic mass is 19.1. The van der Waals surface area contributed by atoms with E-state index in [1.807, 2.05) is 0 Å². The third kappa shape index (κ3) is 2.90. The Kier molecular flexibility index (Phi) is 4.09. The summed E-state index contributed by atoms with van der Waals surface area (Å²) in [7, 11) is 2.08. The fraction of sp³-hybridized carbons (Fsp3) is 1.00. The summed E-state index contributed by atoms with van der Waals surface area (Å²) in [4.78, 5) is 2.26. The van der Waals surface area contributed by atoms with Crippen molar-refractivity contribution in [2.45, 2.75) is 31.5 Å². The maximum Gasteiger partial charge on any atom is 0.117 e. The lowest BCUT2D eigenvalue weighted by atomic mass is 10.1. The lowest BCUT2D eigenvalue weighted by Gasteiger charge is -2.22. The van der Waals surface area contributed by atoms with E-state index in [-0.39, 0.29) is 0 Å². The van der Waals surface area contributed by atoms with Gasteiger partial charge in [0.1, 0.15) is 6.67 Å². The van der Waals surface area contributed by atoms with E-state index < -0.39 is 12.8 Å². The Bertz CT molecular complexity index is 157. The van der Waals surface area contributed by atoms with E-state index in [1.165, 1.54) is 0 Å². The largest absolute Gasteiger partial charge is 0.389 e. The predicted molar refractivity (Wildman–Crippen MR) is 50.5 cm³/mol. The van der Waals surface area contributed by atoms with Crippen LogP contribution < -0.4 is 5.32 Å². The SMILES string of the molecule is CC1C(NCC(O)CF)CCN1C. The number of likely N-dealkylation sites (N-methyl/N-ethyl adjacent to an activating group) is 1. The molecule has 0 aromatic heterocycles. The van der Waals surface area contributed by atoms with Gasteiger partial charge in [-0.3, -0.25) is 0 Å². The van der Waals surface area contributed by atoms with Crippen LogP contribution in [0.2, 0.25) is 0 Å². The molecular weight excluding hydrogens is 171 g/mol. The number of aliphatic hydroxyl groups is 1. The average molecular weight is 190 g/mol. The average Bonchev–Trinajstić information content (AvgIpc) is 2.44. The van der Waals surface area contributed by atoms with Gasteiger partial charge >= 0.3 is 0 Å². The first-order valence-electron chi connectivity index (χ1n) is 4.82. The third-order valence-electron chi connectivity index (χ3n) is 2.86. The number of alkyl halides is 1.